The number of aromatic nitrogens is 2. The van der Waals surface area contributed by atoms with Gasteiger partial charge in [0, 0.05) is 19.6 Å². The molecule has 3 aromatic rings. The van der Waals surface area contributed by atoms with Gasteiger partial charge in [0.2, 0.25) is 0 Å². The van der Waals surface area contributed by atoms with Crippen LogP contribution < -0.4 is 5.32 Å². The van der Waals surface area contributed by atoms with Crippen LogP contribution in [0.1, 0.15) is 12.8 Å². The number of likely N-dealkylation sites (tertiary alicyclic amines) is 1. The molecule has 1 saturated heterocycles. The van der Waals surface area contributed by atoms with Crippen LogP contribution in [-0.2, 0) is 16.1 Å². The van der Waals surface area contributed by atoms with Crippen molar-refractivity contribution in [2.75, 3.05) is 18.4 Å². The molecule has 1 aliphatic heterocycles. The van der Waals surface area contributed by atoms with Crippen molar-refractivity contribution in [1.82, 2.24) is 14.5 Å². The Morgan fingerprint density at radius 3 is 2.40 bits per heavy atom. The molecule has 3 N–H and O–H groups in total. The van der Waals surface area contributed by atoms with Crippen molar-refractivity contribution < 1.29 is 24.6 Å². The first-order valence-corrected chi connectivity index (χ1v) is 10.3. The number of rotatable bonds is 3. The Morgan fingerprint density at radius 1 is 1.07 bits per heavy atom. The zero-order valence-electron chi connectivity index (χ0n) is 16.1. The maximum absolute atomic E-state index is 12.3. The van der Waals surface area contributed by atoms with Crippen molar-refractivity contribution >= 4 is 45.3 Å². The van der Waals surface area contributed by atoms with Gasteiger partial charge in [-0.3, -0.25) is 5.32 Å². The van der Waals surface area contributed by atoms with E-state index in [0.717, 1.165) is 43.0 Å². The van der Waals surface area contributed by atoms with Gasteiger partial charge >= 0.3 is 18.0 Å². The first-order valence-electron chi connectivity index (χ1n) is 9.39. The van der Waals surface area contributed by atoms with Crippen LogP contribution in [0, 0.1) is 5.92 Å². The normalized spacial score (nSPS) is 14.1. The summed E-state index contributed by atoms with van der Waals surface area (Å²) in [5.74, 6) is -3.06. The van der Waals surface area contributed by atoms with E-state index in [1.807, 2.05) is 40.9 Å². The number of hydrogen-bond donors (Lipinski definition) is 3. The van der Waals surface area contributed by atoms with Gasteiger partial charge in [0.05, 0.1) is 22.4 Å². The van der Waals surface area contributed by atoms with E-state index in [1.54, 1.807) is 11.3 Å². The minimum absolute atomic E-state index is 0.0176. The second-order valence-corrected chi connectivity index (χ2v) is 7.78. The Labute approximate surface area is 176 Å². The highest BCUT2D eigenvalue weighted by Crippen LogP contribution is 2.23. The fourth-order valence-electron chi connectivity index (χ4n) is 3.29. The Balaban J connectivity index is 0.000000377. The van der Waals surface area contributed by atoms with Gasteiger partial charge in [-0.05, 0) is 48.4 Å². The number of anilines is 1. The molecule has 1 fully saturated rings. The predicted octanol–water partition coefficient (Wildman–Crippen LogP) is 3.20. The van der Waals surface area contributed by atoms with E-state index in [-0.39, 0.29) is 6.03 Å². The molecule has 0 aliphatic carbocycles. The number of aliphatic carboxylic acids is 2. The van der Waals surface area contributed by atoms with E-state index >= 15 is 0 Å². The van der Waals surface area contributed by atoms with Crippen molar-refractivity contribution in [3.63, 3.8) is 0 Å². The zero-order chi connectivity index (χ0) is 21.5. The first kappa shape index (κ1) is 21.3. The molecule has 2 amide bonds. The van der Waals surface area contributed by atoms with E-state index < -0.39 is 11.9 Å². The molecule has 0 spiro atoms. The van der Waals surface area contributed by atoms with Crippen LogP contribution in [0.2, 0.25) is 0 Å². The summed E-state index contributed by atoms with van der Waals surface area (Å²) in [7, 11) is 0. The number of carboxylic acids is 2. The fraction of sp³-hybridized carbons (Fsp3) is 0.300. The maximum atomic E-state index is 12.3. The molecular formula is C20H22N4O5S. The standard InChI is InChI=1S/C18H20N4OS.C2H2O4/c23-18(20-17-6-3-11-24-17)21-9-7-14(8-10-21)12-22-13-19-15-4-1-2-5-16(15)22;3-1(4)2(5)6/h1-6,11,13-14H,7-10,12H2,(H,20,23);(H,3,4)(H,5,6). The summed E-state index contributed by atoms with van der Waals surface area (Å²) in [5.41, 5.74) is 2.24. The topological polar surface area (TPSA) is 125 Å². The van der Waals surface area contributed by atoms with Gasteiger partial charge in [-0.1, -0.05) is 12.1 Å². The van der Waals surface area contributed by atoms with E-state index in [9.17, 15) is 4.79 Å². The Morgan fingerprint density at radius 2 is 1.77 bits per heavy atom. The third-order valence-corrected chi connectivity index (χ3v) is 5.60. The molecule has 3 heterocycles. The molecular weight excluding hydrogens is 408 g/mol. The number of carbonyl (C=O) groups excluding carboxylic acids is 1. The number of amides is 2. The van der Waals surface area contributed by atoms with E-state index in [0.29, 0.717) is 5.92 Å². The summed E-state index contributed by atoms with van der Waals surface area (Å²) in [6.07, 6.45) is 4.00. The molecule has 0 bridgehead atoms. The van der Waals surface area contributed by atoms with Gasteiger partial charge in [0.15, 0.2) is 0 Å². The molecule has 9 nitrogen and oxygen atoms in total. The number of thiophene rings is 1. The van der Waals surface area contributed by atoms with Crippen molar-refractivity contribution in [3.05, 3.63) is 48.1 Å². The molecule has 4 rings (SSSR count). The molecule has 1 aromatic carbocycles. The lowest BCUT2D eigenvalue weighted by Gasteiger charge is -2.32. The molecule has 0 radical (unpaired) electrons. The molecule has 158 valence electrons. The van der Waals surface area contributed by atoms with Crippen LogP contribution in [0.15, 0.2) is 48.1 Å². The minimum Gasteiger partial charge on any atom is -0.473 e. The summed E-state index contributed by atoms with van der Waals surface area (Å²) in [5, 5.41) is 20.6. The number of nitrogens with one attached hydrogen (secondary N) is 1. The average Bonchev–Trinajstić information content (AvgIpc) is 3.39. The number of para-hydroxylation sites is 2. The van der Waals surface area contributed by atoms with Gasteiger partial charge < -0.3 is 19.7 Å². The molecule has 0 atom stereocenters. The number of nitrogens with zero attached hydrogens (tertiary/aromatic N) is 3. The Bertz CT molecular complexity index is 997. The summed E-state index contributed by atoms with van der Waals surface area (Å²) in [4.78, 5) is 36.8. The lowest BCUT2D eigenvalue weighted by atomic mass is 9.97. The Kier molecular flexibility index (Phi) is 7.02. The van der Waals surface area contributed by atoms with Crippen molar-refractivity contribution in [1.29, 1.82) is 0 Å². The minimum atomic E-state index is -1.82. The van der Waals surface area contributed by atoms with Gasteiger partial charge in [0.1, 0.15) is 0 Å². The van der Waals surface area contributed by atoms with Gasteiger partial charge in [0.25, 0.3) is 0 Å². The lowest BCUT2D eigenvalue weighted by Crippen LogP contribution is -2.41. The molecule has 10 heteroatoms. The largest absolute Gasteiger partial charge is 0.473 e. The third-order valence-electron chi connectivity index (χ3n) is 4.82. The SMILES string of the molecule is O=C(Nc1cccs1)N1CCC(Cn2cnc3ccccc32)CC1.O=C(O)C(=O)O. The third kappa shape index (κ3) is 5.57. The van der Waals surface area contributed by atoms with Crippen LogP contribution >= 0.6 is 11.3 Å². The maximum Gasteiger partial charge on any atom is 0.414 e. The first-order chi connectivity index (χ1) is 14.4. The smallest absolute Gasteiger partial charge is 0.414 e. The van der Waals surface area contributed by atoms with Gasteiger partial charge in [-0.25, -0.2) is 19.4 Å². The van der Waals surface area contributed by atoms with E-state index in [4.69, 9.17) is 19.8 Å². The summed E-state index contributed by atoms with van der Waals surface area (Å²) < 4.78 is 2.24. The fourth-order valence-corrected chi connectivity index (χ4v) is 3.89. The monoisotopic (exact) mass is 430 g/mol. The van der Waals surface area contributed by atoms with Crippen molar-refractivity contribution in [2.45, 2.75) is 19.4 Å². The second-order valence-electron chi connectivity index (χ2n) is 6.83. The molecule has 0 unspecified atom stereocenters. The second kappa shape index (κ2) is 9.88. The van der Waals surface area contributed by atoms with Gasteiger partial charge in [-0.15, -0.1) is 11.3 Å². The van der Waals surface area contributed by atoms with Crippen molar-refractivity contribution in [3.8, 4) is 0 Å². The zero-order valence-corrected chi connectivity index (χ0v) is 16.9. The summed E-state index contributed by atoms with van der Waals surface area (Å²) in [6.45, 7) is 2.60. The highest BCUT2D eigenvalue weighted by molar-refractivity contribution is 7.14. The number of benzene rings is 1. The van der Waals surface area contributed by atoms with Crippen LogP contribution in [0.25, 0.3) is 11.0 Å². The number of hydrogen-bond acceptors (Lipinski definition) is 5. The van der Waals surface area contributed by atoms with Crippen LogP contribution in [-0.4, -0.2) is 55.7 Å². The summed E-state index contributed by atoms with van der Waals surface area (Å²) in [6, 6.07) is 12.1. The quantitative estimate of drug-likeness (QED) is 0.548. The highest BCUT2D eigenvalue weighted by atomic mass is 32.1. The molecule has 0 saturated carbocycles. The van der Waals surface area contributed by atoms with E-state index in [2.05, 4.69) is 27.0 Å². The number of imidazole rings is 1. The lowest BCUT2D eigenvalue weighted by molar-refractivity contribution is -0.159. The Hall–Kier alpha value is -3.40. The van der Waals surface area contributed by atoms with Crippen LogP contribution in [0.5, 0.6) is 0 Å². The predicted molar refractivity (Wildman–Crippen MR) is 113 cm³/mol. The number of fused-ring (bicyclic) bond motifs is 1. The molecule has 30 heavy (non-hydrogen) atoms. The molecule has 1 aliphatic rings. The van der Waals surface area contributed by atoms with Crippen LogP contribution in [0.3, 0.4) is 0 Å². The van der Waals surface area contributed by atoms with Crippen LogP contribution in [0.4, 0.5) is 9.80 Å². The number of carboxylic acid groups (broad SMARTS) is 2. The highest BCUT2D eigenvalue weighted by Gasteiger charge is 2.23. The average molecular weight is 430 g/mol. The number of piperidine rings is 1. The van der Waals surface area contributed by atoms with Crippen molar-refractivity contribution in [2.24, 2.45) is 5.92 Å². The molecule has 2 aromatic heterocycles. The van der Waals surface area contributed by atoms with E-state index in [1.165, 1.54) is 5.52 Å². The number of urea groups is 1. The summed E-state index contributed by atoms with van der Waals surface area (Å²) >= 11 is 1.55. The number of carbonyl (C=O) groups is 3. The van der Waals surface area contributed by atoms with Gasteiger partial charge in [-0.2, -0.15) is 0 Å².